The number of hydrogen-bond acceptors (Lipinski definition) is 6. The Hall–Kier alpha value is -3.05. The zero-order chi connectivity index (χ0) is 26.4. The number of amides is 1. The number of aromatic amines is 1. The topological polar surface area (TPSA) is 86.6 Å². The van der Waals surface area contributed by atoms with E-state index in [1.165, 1.54) is 6.20 Å². The lowest BCUT2D eigenvalue weighted by atomic mass is 9.97. The van der Waals surface area contributed by atoms with Crippen LogP contribution in [0.1, 0.15) is 42.8 Å². The minimum Gasteiger partial charge on any atom is -0.418 e. The van der Waals surface area contributed by atoms with Gasteiger partial charge in [0.15, 0.2) is 0 Å². The van der Waals surface area contributed by atoms with Gasteiger partial charge in [-0.05, 0) is 36.8 Å². The summed E-state index contributed by atoms with van der Waals surface area (Å²) in [4.78, 5) is 24.4. The van der Waals surface area contributed by atoms with E-state index in [0.717, 1.165) is 29.3 Å². The maximum atomic E-state index is 13.1. The molecule has 1 aliphatic rings. The van der Waals surface area contributed by atoms with Gasteiger partial charge in [-0.1, -0.05) is 32.0 Å². The van der Waals surface area contributed by atoms with E-state index in [1.54, 1.807) is 0 Å². The maximum absolute atomic E-state index is 13.1. The molecule has 3 heterocycles. The molecule has 1 unspecified atom stereocenters. The summed E-state index contributed by atoms with van der Waals surface area (Å²) in [7, 11) is 0. The molecule has 1 amide bonds. The van der Waals surface area contributed by atoms with E-state index in [2.05, 4.69) is 39.9 Å². The number of aromatic nitrogens is 2. The highest BCUT2D eigenvalue weighted by molar-refractivity contribution is 5.91. The average Bonchev–Trinajstić information content (AvgIpc) is 3.50. The summed E-state index contributed by atoms with van der Waals surface area (Å²) in [6, 6.07) is 8.38. The Kier molecular flexibility index (Phi) is 8.75. The second kappa shape index (κ2) is 12.0. The number of H-pyrrole nitrogens is 1. The third-order valence-electron chi connectivity index (χ3n) is 6.60. The summed E-state index contributed by atoms with van der Waals surface area (Å²) in [6.07, 6.45) is 1.33. The Morgan fingerprint density at radius 2 is 1.95 bits per heavy atom. The van der Waals surface area contributed by atoms with Crippen LogP contribution in [0.3, 0.4) is 0 Å². The number of ether oxygens (including phenoxy) is 1. The first-order valence-corrected chi connectivity index (χ1v) is 12.7. The number of hydrogen-bond donors (Lipinski definition) is 2. The summed E-state index contributed by atoms with van der Waals surface area (Å²) in [5, 5.41) is 4.28. The number of para-hydroxylation sites is 1. The fourth-order valence-electron chi connectivity index (χ4n) is 4.55. The fraction of sp³-hybridized carbons (Fsp3) is 0.538. The van der Waals surface area contributed by atoms with Crippen LogP contribution in [0.15, 0.2) is 41.1 Å². The van der Waals surface area contributed by atoms with Crippen LogP contribution in [0, 0.1) is 5.92 Å². The monoisotopic (exact) mass is 521 g/mol. The number of oxazole rings is 1. The fourth-order valence-corrected chi connectivity index (χ4v) is 4.55. The van der Waals surface area contributed by atoms with Crippen LogP contribution in [0.25, 0.3) is 10.9 Å². The molecule has 3 aromatic rings. The first-order chi connectivity index (χ1) is 17.7. The minimum atomic E-state index is -4.61. The number of fused-ring (bicyclic) bond motifs is 1. The van der Waals surface area contributed by atoms with Crippen LogP contribution in [0.4, 0.5) is 19.2 Å². The molecule has 1 fully saturated rings. The standard InChI is InChI=1S/C26H34F3N5O3/c1-18(2)7-8-20(15-19-16-30-22-6-4-3-5-21(19)22)32-24(35)23-17-31-25(37-23)34-11-9-33(10-12-34)13-14-36-26(27,28)29/h3-6,16-18,20,30H,7-15H2,1-2H3,(H,32,35). The minimum absolute atomic E-state index is 0.0647. The number of alkyl halides is 3. The van der Waals surface area contributed by atoms with Crippen LogP contribution in [0.2, 0.25) is 0 Å². The van der Waals surface area contributed by atoms with Gasteiger partial charge < -0.3 is 19.6 Å². The number of anilines is 1. The van der Waals surface area contributed by atoms with Crippen molar-refractivity contribution in [2.75, 3.05) is 44.2 Å². The van der Waals surface area contributed by atoms with Gasteiger partial charge in [-0.2, -0.15) is 0 Å². The van der Waals surface area contributed by atoms with Crippen molar-refractivity contribution in [1.82, 2.24) is 20.2 Å². The van der Waals surface area contributed by atoms with Gasteiger partial charge in [-0.3, -0.25) is 14.4 Å². The van der Waals surface area contributed by atoms with E-state index >= 15 is 0 Å². The second-order valence-electron chi connectivity index (χ2n) is 9.84. The molecule has 0 saturated carbocycles. The highest BCUT2D eigenvalue weighted by Crippen LogP contribution is 2.22. The van der Waals surface area contributed by atoms with Gasteiger partial charge >= 0.3 is 6.36 Å². The van der Waals surface area contributed by atoms with E-state index in [1.807, 2.05) is 34.2 Å². The number of carbonyl (C=O) groups excluding carboxylic acids is 1. The summed E-state index contributed by atoms with van der Waals surface area (Å²) >= 11 is 0. The summed E-state index contributed by atoms with van der Waals surface area (Å²) < 4.78 is 46.2. The quantitative estimate of drug-likeness (QED) is 0.384. The molecule has 0 aliphatic carbocycles. The zero-order valence-electron chi connectivity index (χ0n) is 21.2. The normalized spacial score (nSPS) is 16.0. The molecule has 0 bridgehead atoms. The number of nitrogens with zero attached hydrogens (tertiary/aromatic N) is 3. The first kappa shape index (κ1) is 27.0. The average molecular weight is 522 g/mol. The number of rotatable bonds is 11. The molecule has 0 radical (unpaired) electrons. The zero-order valence-corrected chi connectivity index (χ0v) is 21.2. The van der Waals surface area contributed by atoms with Crippen molar-refractivity contribution in [2.24, 2.45) is 5.92 Å². The van der Waals surface area contributed by atoms with Gasteiger partial charge in [0, 0.05) is 55.9 Å². The molecule has 4 rings (SSSR count). The lowest BCUT2D eigenvalue weighted by molar-refractivity contribution is -0.325. The van der Waals surface area contributed by atoms with Crippen molar-refractivity contribution in [3.63, 3.8) is 0 Å². The van der Waals surface area contributed by atoms with Crippen LogP contribution in [-0.4, -0.2) is 72.5 Å². The third-order valence-corrected chi connectivity index (χ3v) is 6.60. The molecule has 8 nitrogen and oxygen atoms in total. The van der Waals surface area contributed by atoms with Crippen molar-refractivity contribution in [1.29, 1.82) is 0 Å². The van der Waals surface area contributed by atoms with Crippen LogP contribution >= 0.6 is 0 Å². The Balaban J connectivity index is 1.33. The first-order valence-electron chi connectivity index (χ1n) is 12.7. The lowest BCUT2D eigenvalue weighted by Gasteiger charge is -2.33. The number of halogens is 3. The predicted molar refractivity (Wildman–Crippen MR) is 134 cm³/mol. The third kappa shape index (κ3) is 7.72. The van der Waals surface area contributed by atoms with E-state index in [9.17, 15) is 18.0 Å². The van der Waals surface area contributed by atoms with E-state index in [-0.39, 0.29) is 24.3 Å². The second-order valence-corrected chi connectivity index (χ2v) is 9.84. The number of piperazine rings is 1. The molecule has 2 N–H and O–H groups in total. The SMILES string of the molecule is CC(C)CCC(Cc1c[nH]c2ccccc12)NC(=O)c1cnc(N2CCN(CCOC(F)(F)F)CC2)o1. The van der Waals surface area contributed by atoms with Crippen molar-refractivity contribution in [2.45, 2.75) is 45.5 Å². The Labute approximate surface area is 214 Å². The number of benzene rings is 1. The molecule has 1 aromatic carbocycles. The van der Waals surface area contributed by atoms with Crippen molar-refractivity contribution in [3.05, 3.63) is 48.0 Å². The maximum Gasteiger partial charge on any atom is 0.522 e. The Morgan fingerprint density at radius 3 is 2.68 bits per heavy atom. The molecule has 0 spiro atoms. The van der Waals surface area contributed by atoms with Gasteiger partial charge in [-0.25, -0.2) is 4.98 Å². The predicted octanol–water partition coefficient (Wildman–Crippen LogP) is 4.59. The molecule has 202 valence electrons. The van der Waals surface area contributed by atoms with Gasteiger partial charge in [0.05, 0.1) is 12.8 Å². The smallest absolute Gasteiger partial charge is 0.418 e. The van der Waals surface area contributed by atoms with E-state index in [4.69, 9.17) is 4.42 Å². The number of nitrogens with one attached hydrogen (secondary N) is 2. The summed E-state index contributed by atoms with van der Waals surface area (Å²) in [6.45, 7) is 6.29. The van der Waals surface area contributed by atoms with Crippen molar-refractivity contribution < 1.29 is 27.1 Å². The molecule has 1 aliphatic heterocycles. The highest BCUT2D eigenvalue weighted by atomic mass is 19.4. The Morgan fingerprint density at radius 1 is 1.19 bits per heavy atom. The van der Waals surface area contributed by atoms with Crippen LogP contribution < -0.4 is 10.2 Å². The van der Waals surface area contributed by atoms with Gasteiger partial charge in [0.2, 0.25) is 5.76 Å². The van der Waals surface area contributed by atoms with E-state index in [0.29, 0.717) is 44.5 Å². The number of carbonyl (C=O) groups is 1. The lowest BCUT2D eigenvalue weighted by Crippen LogP contribution is -2.47. The molecule has 1 atom stereocenters. The Bertz CT molecular complexity index is 1150. The van der Waals surface area contributed by atoms with Gasteiger partial charge in [-0.15, -0.1) is 13.2 Å². The largest absolute Gasteiger partial charge is 0.522 e. The molecule has 37 heavy (non-hydrogen) atoms. The van der Waals surface area contributed by atoms with Crippen molar-refractivity contribution >= 4 is 22.8 Å². The molecule has 1 saturated heterocycles. The molecule has 2 aromatic heterocycles. The summed E-state index contributed by atoms with van der Waals surface area (Å²) in [5.41, 5.74) is 2.22. The van der Waals surface area contributed by atoms with Crippen LogP contribution in [-0.2, 0) is 11.2 Å². The highest BCUT2D eigenvalue weighted by Gasteiger charge is 2.29. The van der Waals surface area contributed by atoms with Crippen molar-refractivity contribution in [3.8, 4) is 0 Å². The molecular weight excluding hydrogens is 487 g/mol. The van der Waals surface area contributed by atoms with Crippen LogP contribution in [0.5, 0.6) is 0 Å². The van der Waals surface area contributed by atoms with Gasteiger partial charge in [0.25, 0.3) is 11.9 Å². The molecular formula is C26H34F3N5O3. The van der Waals surface area contributed by atoms with E-state index < -0.39 is 13.0 Å². The summed E-state index contributed by atoms with van der Waals surface area (Å²) in [5.74, 6) is 0.345. The van der Waals surface area contributed by atoms with Gasteiger partial charge in [0.1, 0.15) is 0 Å². The molecule has 11 heteroatoms.